The van der Waals surface area contributed by atoms with Crippen LogP contribution in [0.2, 0.25) is 0 Å². The van der Waals surface area contributed by atoms with Crippen LogP contribution < -0.4 is 5.73 Å². The molecular weight excluding hydrogens is 74.1 g/mol. The summed E-state index contributed by atoms with van der Waals surface area (Å²) in [5.41, 5.74) is 6.33. The zero-order chi connectivity index (χ0) is 4.99. The van der Waals surface area contributed by atoms with E-state index in [2.05, 4.69) is 6.58 Å². The van der Waals surface area contributed by atoms with Crippen LogP contribution in [0.5, 0.6) is 0 Å². The lowest BCUT2D eigenvalue weighted by molar-refractivity contribution is 0.955. The van der Waals surface area contributed by atoms with Crippen molar-refractivity contribution in [2.75, 3.05) is 6.54 Å². The van der Waals surface area contributed by atoms with E-state index in [1.54, 1.807) is 0 Å². The Morgan fingerprint density at radius 2 is 2.33 bits per heavy atom. The average molecular weight is 85.2 g/mol. The van der Waals surface area contributed by atoms with E-state index in [-0.39, 0.29) is 0 Å². The van der Waals surface area contributed by atoms with Crippen molar-refractivity contribution in [2.24, 2.45) is 5.73 Å². The second-order valence-corrected chi connectivity index (χ2v) is 1.50. The second kappa shape index (κ2) is 2.91. The van der Waals surface area contributed by atoms with Crippen molar-refractivity contribution in [3.8, 4) is 0 Å². The molecule has 0 aromatic carbocycles. The molecule has 0 aliphatic heterocycles. The van der Waals surface area contributed by atoms with Crippen LogP contribution in [0.4, 0.5) is 0 Å². The van der Waals surface area contributed by atoms with Crippen molar-refractivity contribution >= 4 is 0 Å². The van der Waals surface area contributed by atoms with Gasteiger partial charge in [0.05, 0.1) is 0 Å². The molecule has 0 heterocycles. The Labute approximate surface area is 38.8 Å². The smallest absolute Gasteiger partial charge is 0.00402 e. The van der Waals surface area contributed by atoms with Crippen LogP contribution in [0.3, 0.4) is 0 Å². The lowest BCUT2D eigenvalue weighted by Gasteiger charge is -1.87. The first-order valence-corrected chi connectivity index (χ1v) is 2.12. The van der Waals surface area contributed by atoms with Crippen molar-refractivity contribution < 1.29 is 0 Å². The van der Waals surface area contributed by atoms with Gasteiger partial charge >= 0.3 is 0 Å². The molecule has 2 N–H and O–H groups in total. The van der Waals surface area contributed by atoms with Crippen LogP contribution in [0.25, 0.3) is 0 Å². The second-order valence-electron chi connectivity index (χ2n) is 1.50. The summed E-state index contributed by atoms with van der Waals surface area (Å²) in [5.74, 6) is 0. The summed E-state index contributed by atoms with van der Waals surface area (Å²) < 4.78 is 0. The van der Waals surface area contributed by atoms with Gasteiger partial charge in [0.15, 0.2) is 0 Å². The Morgan fingerprint density at radius 3 is 2.33 bits per heavy atom. The molecule has 1 nitrogen and oxygen atoms in total. The first kappa shape index (κ1) is 5.70. The summed E-state index contributed by atoms with van der Waals surface area (Å²) in [6.45, 7) is 6.38. The van der Waals surface area contributed by atoms with Crippen LogP contribution in [-0.2, 0) is 0 Å². The van der Waals surface area contributed by atoms with E-state index in [0.29, 0.717) is 0 Å². The van der Waals surface area contributed by atoms with Crippen LogP contribution in [0.1, 0.15) is 13.3 Å². The Hall–Kier alpha value is -0.300. The number of hydrogen-bond donors (Lipinski definition) is 1. The maximum Gasteiger partial charge on any atom is -0.00402 e. The highest BCUT2D eigenvalue weighted by Crippen LogP contribution is 1.88. The molecule has 0 atom stereocenters. The van der Waals surface area contributed by atoms with Crippen LogP contribution in [-0.4, -0.2) is 6.54 Å². The Kier molecular flexibility index (Phi) is 2.77. The van der Waals surface area contributed by atoms with Gasteiger partial charge in [-0.25, -0.2) is 0 Å². The van der Waals surface area contributed by atoms with Gasteiger partial charge in [0.25, 0.3) is 0 Å². The summed E-state index contributed by atoms with van der Waals surface area (Å²) in [4.78, 5) is 0. The van der Waals surface area contributed by atoms with Crippen LogP contribution in [0.15, 0.2) is 12.2 Å². The minimum absolute atomic E-state index is 0.731. The van der Waals surface area contributed by atoms with E-state index in [1.165, 1.54) is 0 Å². The molecule has 0 radical (unpaired) electrons. The quantitative estimate of drug-likeness (QED) is 0.495. The standard InChI is InChI=1S/C5H11N/c1-5(2)3-4-6/h1,3-4,6H2,2H3. The third kappa shape index (κ3) is 3.70. The predicted octanol–water partition coefficient (Wildman–Crippen LogP) is 0.911. The van der Waals surface area contributed by atoms with E-state index in [4.69, 9.17) is 5.73 Å². The van der Waals surface area contributed by atoms with Gasteiger partial charge in [0.2, 0.25) is 0 Å². The van der Waals surface area contributed by atoms with Crippen molar-refractivity contribution in [3.63, 3.8) is 0 Å². The molecule has 0 amide bonds. The average Bonchev–Trinajstić information content (AvgIpc) is 1.35. The largest absolute Gasteiger partial charge is 0.330 e. The molecule has 0 aromatic rings. The fourth-order valence-corrected chi connectivity index (χ4v) is 0.246. The Bertz CT molecular complexity index is 47.9. The molecule has 1 heteroatoms. The highest BCUT2D eigenvalue weighted by Gasteiger charge is 1.76. The molecule has 36 valence electrons. The monoisotopic (exact) mass is 85.1 g/mol. The van der Waals surface area contributed by atoms with Gasteiger partial charge in [0.1, 0.15) is 0 Å². The zero-order valence-corrected chi connectivity index (χ0v) is 4.20. The summed E-state index contributed by atoms with van der Waals surface area (Å²) >= 11 is 0. The van der Waals surface area contributed by atoms with E-state index >= 15 is 0 Å². The van der Waals surface area contributed by atoms with E-state index in [9.17, 15) is 0 Å². The van der Waals surface area contributed by atoms with Gasteiger partial charge in [-0.05, 0) is 19.9 Å². The van der Waals surface area contributed by atoms with Crippen LogP contribution >= 0.6 is 0 Å². The van der Waals surface area contributed by atoms with Crippen molar-refractivity contribution in [2.45, 2.75) is 13.3 Å². The molecule has 0 fully saturated rings. The first-order chi connectivity index (χ1) is 2.77. The zero-order valence-electron chi connectivity index (χ0n) is 4.20. The predicted molar refractivity (Wildman–Crippen MR) is 28.5 cm³/mol. The Morgan fingerprint density at radius 1 is 1.83 bits per heavy atom. The fraction of sp³-hybridized carbons (Fsp3) is 0.600. The van der Waals surface area contributed by atoms with Gasteiger partial charge in [-0.3, -0.25) is 0 Å². The minimum Gasteiger partial charge on any atom is -0.330 e. The molecule has 0 aromatic heterocycles. The number of hydrogen-bond acceptors (Lipinski definition) is 1. The lowest BCUT2D eigenvalue weighted by Crippen LogP contribution is -1.97. The van der Waals surface area contributed by atoms with Crippen molar-refractivity contribution in [1.29, 1.82) is 0 Å². The summed E-state index contributed by atoms with van der Waals surface area (Å²) in [6.07, 6.45) is 0.958. The van der Waals surface area contributed by atoms with Gasteiger partial charge in [0, 0.05) is 0 Å². The summed E-state index contributed by atoms with van der Waals surface area (Å²) in [6, 6.07) is 0. The molecule has 0 saturated carbocycles. The molecule has 0 bridgehead atoms. The summed E-state index contributed by atoms with van der Waals surface area (Å²) in [7, 11) is 0. The fourth-order valence-electron chi connectivity index (χ4n) is 0.246. The normalized spacial score (nSPS) is 8.33. The highest BCUT2D eigenvalue weighted by atomic mass is 14.5. The van der Waals surface area contributed by atoms with Crippen molar-refractivity contribution in [3.05, 3.63) is 12.2 Å². The van der Waals surface area contributed by atoms with Crippen molar-refractivity contribution in [1.82, 2.24) is 0 Å². The molecule has 0 spiro atoms. The minimum atomic E-state index is 0.731. The molecular formula is C5H11N. The molecule has 0 unspecified atom stereocenters. The molecule has 0 rings (SSSR count). The van der Waals surface area contributed by atoms with E-state index in [1.807, 2.05) is 6.92 Å². The topological polar surface area (TPSA) is 26.0 Å². The third-order valence-corrected chi connectivity index (χ3v) is 0.571. The first-order valence-electron chi connectivity index (χ1n) is 2.12. The third-order valence-electron chi connectivity index (χ3n) is 0.571. The van der Waals surface area contributed by atoms with Crippen LogP contribution in [0, 0.1) is 0 Å². The molecule has 0 aliphatic carbocycles. The van der Waals surface area contributed by atoms with E-state index < -0.39 is 0 Å². The van der Waals surface area contributed by atoms with Gasteiger partial charge in [-0.1, -0.05) is 5.57 Å². The highest BCUT2D eigenvalue weighted by molar-refractivity contribution is 4.87. The Balaban J connectivity index is 2.83. The molecule has 0 saturated heterocycles. The maximum absolute atomic E-state index is 5.17. The lowest BCUT2D eigenvalue weighted by atomic mass is 10.2. The van der Waals surface area contributed by atoms with Gasteiger partial charge < -0.3 is 5.73 Å². The summed E-state index contributed by atoms with van der Waals surface area (Å²) in [5, 5.41) is 0. The van der Waals surface area contributed by atoms with Gasteiger partial charge in [-0.15, -0.1) is 6.58 Å². The maximum atomic E-state index is 5.17. The molecule has 0 aliphatic rings. The number of nitrogens with two attached hydrogens (primary N) is 1. The van der Waals surface area contributed by atoms with E-state index in [0.717, 1.165) is 18.5 Å². The molecule has 6 heavy (non-hydrogen) atoms. The van der Waals surface area contributed by atoms with Gasteiger partial charge in [-0.2, -0.15) is 0 Å². The number of rotatable bonds is 2. The SMILES string of the molecule is C=C(C)CCN.